The third-order valence-electron chi connectivity index (χ3n) is 3.40. The number of benzene rings is 1. The maximum Gasteiger partial charge on any atom is 0.407 e. The highest BCUT2D eigenvalue weighted by Gasteiger charge is 2.18. The molecule has 0 atom stereocenters. The predicted octanol–water partition coefficient (Wildman–Crippen LogP) is 2.18. The van der Waals surface area contributed by atoms with E-state index in [2.05, 4.69) is 22.8 Å². The molecule has 1 amide bonds. The Morgan fingerprint density at radius 1 is 1.18 bits per heavy atom. The number of hydrogen-bond donors (Lipinski definition) is 1. The smallest absolute Gasteiger partial charge is 0.407 e. The Balaban J connectivity index is 2.01. The van der Waals surface area contributed by atoms with Gasteiger partial charge in [0.25, 0.3) is 0 Å². The van der Waals surface area contributed by atoms with Crippen molar-refractivity contribution in [1.82, 2.24) is 9.47 Å². The molecule has 0 radical (unpaired) electrons. The molecule has 1 aromatic heterocycles. The largest absolute Gasteiger partial charge is 0.465 e. The third kappa shape index (κ3) is 1.65. The van der Waals surface area contributed by atoms with Gasteiger partial charge in [0.1, 0.15) is 0 Å². The standard InChI is InChI=1S/C13H14N2O2/c16-13(17)14-6-5-11-9-10-3-1-2-4-12(10)15(11)8-7-14/h1-4,9H,5-8H2,(H,16,17). The fraction of sp³-hybridized carbons (Fsp3) is 0.308. The van der Waals surface area contributed by atoms with Crippen LogP contribution in [0.3, 0.4) is 0 Å². The summed E-state index contributed by atoms with van der Waals surface area (Å²) < 4.78 is 2.23. The first kappa shape index (κ1) is 10.2. The van der Waals surface area contributed by atoms with Crippen LogP contribution in [-0.4, -0.2) is 33.8 Å². The molecule has 88 valence electrons. The van der Waals surface area contributed by atoms with E-state index in [1.54, 1.807) is 0 Å². The van der Waals surface area contributed by atoms with Crippen LogP contribution in [0.1, 0.15) is 5.69 Å². The van der Waals surface area contributed by atoms with Crippen molar-refractivity contribution < 1.29 is 9.90 Å². The van der Waals surface area contributed by atoms with Gasteiger partial charge in [-0.05, 0) is 17.5 Å². The number of rotatable bonds is 0. The first-order chi connectivity index (χ1) is 8.25. The molecule has 0 bridgehead atoms. The molecule has 1 aliphatic rings. The molecule has 0 fully saturated rings. The molecule has 0 unspecified atom stereocenters. The number of carbonyl (C=O) groups is 1. The number of hydrogen-bond acceptors (Lipinski definition) is 1. The Labute approximate surface area is 99.1 Å². The Kier molecular flexibility index (Phi) is 2.28. The van der Waals surface area contributed by atoms with E-state index in [0.717, 1.165) is 13.0 Å². The first-order valence-electron chi connectivity index (χ1n) is 5.81. The topological polar surface area (TPSA) is 45.5 Å². The van der Waals surface area contributed by atoms with Gasteiger partial charge in [-0.25, -0.2) is 4.79 Å². The molecule has 0 spiro atoms. The molecule has 17 heavy (non-hydrogen) atoms. The van der Waals surface area contributed by atoms with Gasteiger partial charge in [0.2, 0.25) is 0 Å². The van der Waals surface area contributed by atoms with Crippen molar-refractivity contribution in [2.24, 2.45) is 0 Å². The number of carboxylic acid groups (broad SMARTS) is 1. The van der Waals surface area contributed by atoms with Crippen molar-refractivity contribution >= 4 is 17.0 Å². The van der Waals surface area contributed by atoms with Crippen molar-refractivity contribution in [1.29, 1.82) is 0 Å². The lowest BCUT2D eigenvalue weighted by Crippen LogP contribution is -2.32. The van der Waals surface area contributed by atoms with E-state index in [4.69, 9.17) is 5.11 Å². The van der Waals surface area contributed by atoms with Gasteiger partial charge in [-0.1, -0.05) is 18.2 Å². The van der Waals surface area contributed by atoms with Crippen LogP contribution >= 0.6 is 0 Å². The maximum atomic E-state index is 11.0. The van der Waals surface area contributed by atoms with Gasteiger partial charge in [-0.2, -0.15) is 0 Å². The summed E-state index contributed by atoms with van der Waals surface area (Å²) >= 11 is 0. The highest BCUT2D eigenvalue weighted by atomic mass is 16.4. The highest BCUT2D eigenvalue weighted by Crippen LogP contribution is 2.22. The van der Waals surface area contributed by atoms with Crippen molar-refractivity contribution in [2.45, 2.75) is 13.0 Å². The second-order valence-corrected chi connectivity index (χ2v) is 4.37. The average molecular weight is 230 g/mol. The van der Waals surface area contributed by atoms with E-state index in [0.29, 0.717) is 13.1 Å². The normalized spacial score (nSPS) is 15.6. The van der Waals surface area contributed by atoms with Crippen LogP contribution < -0.4 is 0 Å². The van der Waals surface area contributed by atoms with Gasteiger partial charge in [0.15, 0.2) is 0 Å². The number of fused-ring (bicyclic) bond motifs is 3. The van der Waals surface area contributed by atoms with Crippen LogP contribution in [-0.2, 0) is 13.0 Å². The van der Waals surface area contributed by atoms with E-state index >= 15 is 0 Å². The van der Waals surface area contributed by atoms with Crippen LogP contribution in [0.4, 0.5) is 4.79 Å². The first-order valence-corrected chi connectivity index (χ1v) is 5.81. The van der Waals surface area contributed by atoms with Crippen LogP contribution in [0.5, 0.6) is 0 Å². The van der Waals surface area contributed by atoms with Crippen molar-refractivity contribution in [3.8, 4) is 0 Å². The van der Waals surface area contributed by atoms with Gasteiger partial charge < -0.3 is 14.6 Å². The van der Waals surface area contributed by atoms with Crippen LogP contribution in [0.25, 0.3) is 10.9 Å². The summed E-state index contributed by atoms with van der Waals surface area (Å²) in [6, 6.07) is 10.4. The fourth-order valence-corrected chi connectivity index (χ4v) is 2.51. The SMILES string of the molecule is O=C(O)N1CCc2cc3ccccc3n2CC1. The van der Waals surface area contributed by atoms with Crippen molar-refractivity contribution in [3.63, 3.8) is 0 Å². The van der Waals surface area contributed by atoms with E-state index < -0.39 is 6.09 Å². The summed E-state index contributed by atoms with van der Waals surface area (Å²) in [5.41, 5.74) is 2.43. The van der Waals surface area contributed by atoms with Gasteiger partial charge in [-0.3, -0.25) is 0 Å². The molecule has 1 aliphatic heterocycles. The van der Waals surface area contributed by atoms with E-state index in [9.17, 15) is 4.79 Å². The lowest BCUT2D eigenvalue weighted by molar-refractivity contribution is 0.146. The number of aromatic nitrogens is 1. The molecule has 4 heteroatoms. The van der Waals surface area contributed by atoms with Gasteiger partial charge in [0, 0.05) is 37.3 Å². The molecule has 4 nitrogen and oxygen atoms in total. The minimum Gasteiger partial charge on any atom is -0.465 e. The average Bonchev–Trinajstić information content (AvgIpc) is 2.53. The predicted molar refractivity (Wildman–Crippen MR) is 65.2 cm³/mol. The summed E-state index contributed by atoms with van der Waals surface area (Å²) in [5, 5.41) is 10.3. The quantitative estimate of drug-likeness (QED) is 0.754. The van der Waals surface area contributed by atoms with Gasteiger partial charge in [-0.15, -0.1) is 0 Å². The maximum absolute atomic E-state index is 11.0. The number of nitrogens with zero attached hydrogens (tertiary/aromatic N) is 2. The Bertz CT molecular complexity index is 574. The molecule has 0 saturated carbocycles. The lowest BCUT2D eigenvalue weighted by atomic mass is 10.2. The summed E-state index contributed by atoms with van der Waals surface area (Å²) in [5.74, 6) is 0. The zero-order valence-electron chi connectivity index (χ0n) is 9.47. The zero-order valence-corrected chi connectivity index (χ0v) is 9.47. The van der Waals surface area contributed by atoms with Crippen LogP contribution in [0, 0.1) is 0 Å². The minimum absolute atomic E-state index is 0.570. The van der Waals surface area contributed by atoms with E-state index in [-0.39, 0.29) is 0 Å². The molecular formula is C13H14N2O2. The molecule has 2 aromatic rings. The van der Waals surface area contributed by atoms with Crippen LogP contribution in [0.15, 0.2) is 30.3 Å². The minimum atomic E-state index is -0.819. The second kappa shape index (κ2) is 3.80. The van der Waals surface area contributed by atoms with Crippen molar-refractivity contribution in [3.05, 3.63) is 36.0 Å². The second-order valence-electron chi connectivity index (χ2n) is 4.37. The van der Waals surface area contributed by atoms with Gasteiger partial charge in [0.05, 0.1) is 0 Å². The van der Waals surface area contributed by atoms with Crippen LogP contribution in [0.2, 0.25) is 0 Å². The Morgan fingerprint density at radius 3 is 2.82 bits per heavy atom. The Morgan fingerprint density at radius 2 is 2.00 bits per heavy atom. The monoisotopic (exact) mass is 230 g/mol. The zero-order chi connectivity index (χ0) is 11.8. The fourth-order valence-electron chi connectivity index (χ4n) is 2.51. The summed E-state index contributed by atoms with van der Waals surface area (Å²) in [6.07, 6.45) is -0.0268. The van der Waals surface area contributed by atoms with Gasteiger partial charge >= 0.3 is 6.09 Å². The molecule has 3 rings (SSSR count). The molecule has 0 saturated heterocycles. The van der Waals surface area contributed by atoms with Crippen molar-refractivity contribution in [2.75, 3.05) is 13.1 Å². The summed E-state index contributed by atoms with van der Waals surface area (Å²) in [4.78, 5) is 12.4. The molecule has 2 heterocycles. The molecule has 1 aromatic carbocycles. The summed E-state index contributed by atoms with van der Waals surface area (Å²) in [6.45, 7) is 1.90. The summed E-state index contributed by atoms with van der Waals surface area (Å²) in [7, 11) is 0. The van der Waals surface area contributed by atoms with E-state index in [1.165, 1.54) is 21.5 Å². The number of para-hydroxylation sites is 1. The molecular weight excluding hydrogens is 216 g/mol. The number of amides is 1. The van der Waals surface area contributed by atoms with E-state index in [1.807, 2.05) is 12.1 Å². The molecule has 0 aliphatic carbocycles. The molecule has 1 N–H and O–H groups in total. The Hall–Kier alpha value is -1.97. The lowest BCUT2D eigenvalue weighted by Gasteiger charge is -2.15. The third-order valence-corrected chi connectivity index (χ3v) is 3.40. The highest BCUT2D eigenvalue weighted by molar-refractivity contribution is 5.81.